The predicted octanol–water partition coefficient (Wildman–Crippen LogP) is 0.196. The van der Waals surface area contributed by atoms with E-state index in [1.165, 1.54) is 12.3 Å². The number of nitrogens with two attached hydrogens (primary N) is 1. The molecule has 0 atom stereocenters. The highest BCUT2D eigenvalue weighted by molar-refractivity contribution is 7.89. The smallest absolute Gasteiger partial charge is 0.242 e. The molecular weight excluding hydrogens is 304 g/mol. The minimum absolute atomic E-state index is 0.0260. The van der Waals surface area contributed by atoms with Crippen molar-refractivity contribution >= 4 is 27.4 Å². The molecule has 0 aliphatic carbocycles. The van der Waals surface area contributed by atoms with E-state index in [0.29, 0.717) is 6.54 Å². The quantitative estimate of drug-likeness (QED) is 0.518. The Labute approximate surface area is 121 Å². The fourth-order valence-electron chi connectivity index (χ4n) is 1.48. The first-order valence-electron chi connectivity index (χ1n) is 5.62. The number of sulfonamides is 1. The van der Waals surface area contributed by atoms with Crippen molar-refractivity contribution in [2.45, 2.75) is 11.4 Å². The molecule has 8 nitrogen and oxygen atoms in total. The molecule has 0 spiro atoms. The van der Waals surface area contributed by atoms with E-state index >= 15 is 0 Å². The van der Waals surface area contributed by atoms with Crippen LogP contribution in [0.25, 0.3) is 0 Å². The summed E-state index contributed by atoms with van der Waals surface area (Å²) in [5.74, 6) is 5.38. The number of hydrazine groups is 1. The van der Waals surface area contributed by atoms with Gasteiger partial charge < -0.3 is 5.43 Å². The lowest BCUT2D eigenvalue weighted by atomic mass is 10.5. The van der Waals surface area contributed by atoms with Gasteiger partial charge in [-0.15, -0.1) is 0 Å². The van der Waals surface area contributed by atoms with Crippen LogP contribution in [0.15, 0.2) is 35.6 Å². The molecule has 2 heterocycles. The third-order valence-electron chi connectivity index (χ3n) is 2.46. The highest BCUT2D eigenvalue weighted by Crippen LogP contribution is 2.21. The minimum atomic E-state index is -3.67. The molecule has 2 aromatic heterocycles. The molecule has 0 fully saturated rings. The Morgan fingerprint density at radius 1 is 1.45 bits per heavy atom. The number of anilines is 1. The molecule has 0 radical (unpaired) electrons. The van der Waals surface area contributed by atoms with E-state index < -0.39 is 10.0 Å². The van der Waals surface area contributed by atoms with Gasteiger partial charge in [-0.2, -0.15) is 5.10 Å². The van der Waals surface area contributed by atoms with Crippen molar-refractivity contribution in [3.8, 4) is 0 Å². The highest BCUT2D eigenvalue weighted by Gasteiger charge is 2.16. The van der Waals surface area contributed by atoms with Crippen LogP contribution in [0.4, 0.5) is 5.82 Å². The van der Waals surface area contributed by atoms with Gasteiger partial charge in [-0.1, -0.05) is 11.6 Å². The summed E-state index contributed by atoms with van der Waals surface area (Å²) in [6.07, 6.45) is 4.54. The van der Waals surface area contributed by atoms with Crippen LogP contribution < -0.4 is 16.0 Å². The van der Waals surface area contributed by atoms with Crippen LogP contribution in [0.1, 0.15) is 0 Å². The molecule has 0 saturated heterocycles. The summed E-state index contributed by atoms with van der Waals surface area (Å²) >= 11 is 5.84. The van der Waals surface area contributed by atoms with E-state index in [1.807, 2.05) is 0 Å². The standard InChI is InChI=1S/C10H13ClN6O2S/c11-9-6-8(7-13-10(9)16-12)20(18,19)15-3-5-17-4-1-2-14-17/h1-2,4,6-7,15H,3,5,12H2,(H,13,16). The summed E-state index contributed by atoms with van der Waals surface area (Å²) in [5, 5.41) is 4.10. The van der Waals surface area contributed by atoms with Crippen molar-refractivity contribution in [1.82, 2.24) is 19.5 Å². The molecule has 108 valence electrons. The fourth-order valence-corrected chi connectivity index (χ4v) is 2.76. The van der Waals surface area contributed by atoms with E-state index in [4.69, 9.17) is 17.4 Å². The lowest BCUT2D eigenvalue weighted by Gasteiger charge is -2.08. The normalized spacial score (nSPS) is 11.5. The van der Waals surface area contributed by atoms with Crippen LogP contribution in [0.2, 0.25) is 5.02 Å². The first kappa shape index (κ1) is 14.7. The molecule has 10 heteroatoms. The Morgan fingerprint density at radius 2 is 2.25 bits per heavy atom. The summed E-state index contributed by atoms with van der Waals surface area (Å²) in [6, 6.07) is 3.04. The monoisotopic (exact) mass is 316 g/mol. The summed E-state index contributed by atoms with van der Waals surface area (Å²) in [7, 11) is -3.67. The molecular formula is C10H13ClN6O2S. The molecule has 2 aromatic rings. The van der Waals surface area contributed by atoms with Gasteiger partial charge in [-0.25, -0.2) is 24.0 Å². The van der Waals surface area contributed by atoms with Gasteiger partial charge in [0, 0.05) is 25.1 Å². The number of nitrogens with zero attached hydrogens (tertiary/aromatic N) is 3. The lowest BCUT2D eigenvalue weighted by Crippen LogP contribution is -2.27. The van der Waals surface area contributed by atoms with Crippen LogP contribution in [0, 0.1) is 0 Å². The topological polar surface area (TPSA) is 115 Å². The molecule has 0 aliphatic heterocycles. The van der Waals surface area contributed by atoms with E-state index in [2.05, 4.69) is 20.2 Å². The average molecular weight is 317 g/mol. The second kappa shape index (κ2) is 6.18. The van der Waals surface area contributed by atoms with Crippen LogP contribution >= 0.6 is 11.6 Å². The third-order valence-corrected chi connectivity index (χ3v) is 4.17. The number of halogens is 1. The second-order valence-electron chi connectivity index (χ2n) is 3.81. The molecule has 2 rings (SSSR count). The van der Waals surface area contributed by atoms with E-state index in [0.717, 1.165) is 0 Å². The Bertz CT molecular complexity index is 673. The maximum absolute atomic E-state index is 12.0. The molecule has 0 saturated carbocycles. The van der Waals surface area contributed by atoms with Gasteiger partial charge in [-0.05, 0) is 12.1 Å². The van der Waals surface area contributed by atoms with Gasteiger partial charge in [0.2, 0.25) is 10.0 Å². The Kier molecular flexibility index (Phi) is 4.55. The molecule has 0 aliphatic rings. The maximum atomic E-state index is 12.0. The molecule has 0 unspecified atom stereocenters. The van der Waals surface area contributed by atoms with Crippen molar-refractivity contribution in [1.29, 1.82) is 0 Å². The van der Waals surface area contributed by atoms with Crippen molar-refractivity contribution in [2.75, 3.05) is 12.0 Å². The largest absolute Gasteiger partial charge is 0.307 e. The SMILES string of the molecule is NNc1ncc(S(=O)(=O)NCCn2cccn2)cc1Cl. The second-order valence-corrected chi connectivity index (χ2v) is 5.99. The fraction of sp³-hybridized carbons (Fsp3) is 0.200. The zero-order valence-corrected chi connectivity index (χ0v) is 11.9. The number of hydrogen-bond donors (Lipinski definition) is 3. The van der Waals surface area contributed by atoms with Crippen LogP contribution in [0.3, 0.4) is 0 Å². The Morgan fingerprint density at radius 3 is 2.85 bits per heavy atom. The number of nitrogen functional groups attached to an aromatic ring is 1. The minimum Gasteiger partial charge on any atom is -0.307 e. The average Bonchev–Trinajstić information content (AvgIpc) is 2.91. The summed E-state index contributed by atoms with van der Waals surface area (Å²) in [5.41, 5.74) is 2.27. The lowest BCUT2D eigenvalue weighted by molar-refractivity contribution is 0.560. The number of rotatable bonds is 6. The van der Waals surface area contributed by atoms with Gasteiger partial charge >= 0.3 is 0 Å². The summed E-state index contributed by atoms with van der Waals surface area (Å²) in [4.78, 5) is 3.79. The van der Waals surface area contributed by atoms with E-state index in [9.17, 15) is 8.42 Å². The number of pyridine rings is 1. The zero-order chi connectivity index (χ0) is 14.6. The Balaban J connectivity index is 2.04. The highest BCUT2D eigenvalue weighted by atomic mass is 35.5. The van der Waals surface area contributed by atoms with Gasteiger partial charge in [0.05, 0.1) is 11.6 Å². The van der Waals surface area contributed by atoms with Crippen molar-refractivity contribution < 1.29 is 8.42 Å². The maximum Gasteiger partial charge on any atom is 0.242 e. The van der Waals surface area contributed by atoms with Gasteiger partial charge in [-0.3, -0.25) is 4.68 Å². The first-order chi connectivity index (χ1) is 9.53. The van der Waals surface area contributed by atoms with Gasteiger partial charge in [0.15, 0.2) is 5.82 Å². The third kappa shape index (κ3) is 3.45. The number of hydrogen-bond acceptors (Lipinski definition) is 6. The van der Waals surface area contributed by atoms with E-state index in [1.54, 1.807) is 23.1 Å². The first-order valence-corrected chi connectivity index (χ1v) is 7.48. The molecule has 20 heavy (non-hydrogen) atoms. The van der Waals surface area contributed by atoms with Crippen molar-refractivity contribution in [2.24, 2.45) is 5.84 Å². The molecule has 4 N–H and O–H groups in total. The summed E-state index contributed by atoms with van der Waals surface area (Å²) < 4.78 is 28.1. The van der Waals surface area contributed by atoms with E-state index in [-0.39, 0.29) is 22.3 Å². The number of nitrogens with one attached hydrogen (secondary N) is 2. The van der Waals surface area contributed by atoms with Crippen LogP contribution in [0.5, 0.6) is 0 Å². The zero-order valence-electron chi connectivity index (χ0n) is 10.3. The predicted molar refractivity (Wildman–Crippen MR) is 74.5 cm³/mol. The van der Waals surface area contributed by atoms with Crippen molar-refractivity contribution in [3.63, 3.8) is 0 Å². The molecule has 0 bridgehead atoms. The van der Waals surface area contributed by atoms with Crippen LogP contribution in [-0.4, -0.2) is 29.7 Å². The van der Waals surface area contributed by atoms with Gasteiger partial charge in [0.25, 0.3) is 0 Å². The van der Waals surface area contributed by atoms with Crippen molar-refractivity contribution in [3.05, 3.63) is 35.7 Å². The Hall–Kier alpha value is -1.68. The summed E-state index contributed by atoms with van der Waals surface area (Å²) in [6.45, 7) is 0.633. The van der Waals surface area contributed by atoms with Gasteiger partial charge in [0.1, 0.15) is 4.90 Å². The molecule has 0 aromatic carbocycles. The molecule has 0 amide bonds. The van der Waals surface area contributed by atoms with Crippen LogP contribution in [-0.2, 0) is 16.6 Å². The number of aromatic nitrogens is 3.